The first-order valence-corrected chi connectivity index (χ1v) is 18.7. The maximum Gasteiger partial charge on any atom is 0.416 e. The Morgan fingerprint density at radius 1 is 1.13 bits per heavy atom. The predicted molar refractivity (Wildman–Crippen MR) is 189 cm³/mol. The molecule has 3 saturated heterocycles. The molecule has 5 aliphatic heterocycles. The van der Waals surface area contributed by atoms with E-state index in [0.29, 0.717) is 81.2 Å². The van der Waals surface area contributed by atoms with Gasteiger partial charge in [0.25, 0.3) is 5.91 Å². The van der Waals surface area contributed by atoms with Gasteiger partial charge in [0, 0.05) is 68.8 Å². The van der Waals surface area contributed by atoms with Gasteiger partial charge in [-0.2, -0.15) is 28.2 Å². The second-order valence-corrected chi connectivity index (χ2v) is 14.7. The van der Waals surface area contributed by atoms with Crippen LogP contribution in [-0.4, -0.2) is 101 Å². The van der Waals surface area contributed by atoms with Crippen LogP contribution < -0.4 is 15.4 Å². The van der Waals surface area contributed by atoms with E-state index in [9.17, 15) is 22.4 Å². The molecule has 294 valence electrons. The van der Waals surface area contributed by atoms with Crippen molar-refractivity contribution >= 4 is 29.0 Å². The van der Waals surface area contributed by atoms with Crippen LogP contribution in [0.25, 0.3) is 0 Å². The van der Waals surface area contributed by atoms with Crippen molar-refractivity contribution in [2.75, 3.05) is 63.7 Å². The topological polar surface area (TPSA) is 124 Å². The lowest BCUT2D eigenvalue weighted by Gasteiger charge is -2.38. The smallest absolute Gasteiger partial charge is 0.416 e. The molecule has 2 N–H and O–H groups in total. The first-order chi connectivity index (χ1) is 25.9. The Kier molecular flexibility index (Phi) is 11.2. The molecule has 7 heterocycles. The lowest BCUT2D eigenvalue weighted by molar-refractivity contribution is -0.140. The minimum Gasteiger partial charge on any atom is -0.467 e. The number of anilines is 2. The Hall–Kier alpha value is -3.80. The van der Waals surface area contributed by atoms with Gasteiger partial charge in [0.1, 0.15) is 12.0 Å². The summed E-state index contributed by atoms with van der Waals surface area (Å²) in [5.41, 5.74) is 5.11. The van der Waals surface area contributed by atoms with Gasteiger partial charge in [0.05, 0.1) is 60.6 Å². The van der Waals surface area contributed by atoms with E-state index >= 15 is 4.39 Å². The highest BCUT2D eigenvalue weighted by molar-refractivity contribution is 6.34. The van der Waals surface area contributed by atoms with Crippen LogP contribution in [0.3, 0.4) is 0 Å². The summed E-state index contributed by atoms with van der Waals surface area (Å²) in [4.78, 5) is 28.1. The van der Waals surface area contributed by atoms with Crippen LogP contribution in [0.4, 0.5) is 33.5 Å². The molecule has 3 atom stereocenters. The van der Waals surface area contributed by atoms with E-state index in [0.717, 1.165) is 25.1 Å². The van der Waals surface area contributed by atoms with Gasteiger partial charge in [-0.15, -0.1) is 0 Å². The second kappa shape index (κ2) is 15.7. The standard InChI is InChI=1S/C29H32ClF4N7O4.C7H12FN/c1-3-44-13-15-10-40(11-15)27(42)25-23(30)20-12-39(7-4-8-41(20)38-25)26-16-14-45-21(9-19(16)36-28(37-26)43-2)22-17(29(32,33)34)5-6-18(35)24(22)31;8-6-4-7-2-1-3-9(7)5-6/h5-6,15,21H,3-4,7-14,35H2,1-2H3;6-7H,1-5H2. The zero-order chi connectivity index (χ0) is 38.3. The molecule has 2 aromatic heterocycles. The largest absolute Gasteiger partial charge is 0.467 e. The molecule has 1 aromatic carbocycles. The molecule has 0 spiro atoms. The molecule has 8 rings (SSSR count). The van der Waals surface area contributed by atoms with E-state index in [1.54, 1.807) is 9.58 Å². The average molecular weight is 783 g/mol. The Balaban J connectivity index is 0.000000433. The molecule has 3 fully saturated rings. The van der Waals surface area contributed by atoms with Crippen LogP contribution in [-0.2, 0) is 41.8 Å². The van der Waals surface area contributed by atoms with Gasteiger partial charge < -0.3 is 29.7 Å². The number of ether oxygens (including phenoxy) is 3. The Labute approximate surface area is 314 Å². The normalized spacial score (nSPS) is 22.9. The molecular formula is C36H44ClF5N8O4. The third-order valence-electron chi connectivity index (χ3n) is 10.8. The summed E-state index contributed by atoms with van der Waals surface area (Å²) >= 11 is 6.77. The third kappa shape index (κ3) is 7.69. The van der Waals surface area contributed by atoms with Crippen LogP contribution >= 0.6 is 11.6 Å². The van der Waals surface area contributed by atoms with Crippen LogP contribution in [0.1, 0.15) is 77.3 Å². The SMILES string of the molecule is CCOCC1CN(C(=O)c2nn3c(c2Cl)CN(c2nc(OC)nc4c2COC(c2c(C(F)(F)F)ccc(N)c2F)C4)CCC3)C1.FC1CC2CCCN2C1. The van der Waals surface area contributed by atoms with Gasteiger partial charge in [-0.25, -0.2) is 8.78 Å². The fraction of sp³-hybridized carbons (Fsp3) is 0.611. The van der Waals surface area contributed by atoms with Crippen molar-refractivity contribution in [1.29, 1.82) is 0 Å². The van der Waals surface area contributed by atoms with Gasteiger partial charge in [0.2, 0.25) is 0 Å². The van der Waals surface area contributed by atoms with Gasteiger partial charge in [-0.3, -0.25) is 14.4 Å². The molecule has 3 aromatic rings. The highest BCUT2D eigenvalue weighted by Crippen LogP contribution is 2.43. The van der Waals surface area contributed by atoms with Crippen LogP contribution in [0, 0.1) is 11.7 Å². The zero-order valence-corrected chi connectivity index (χ0v) is 30.9. The molecule has 0 bridgehead atoms. The van der Waals surface area contributed by atoms with Crippen molar-refractivity contribution in [2.24, 2.45) is 5.92 Å². The number of likely N-dealkylation sites (tertiary alicyclic amines) is 1. The van der Waals surface area contributed by atoms with Crippen molar-refractivity contribution in [3.05, 3.63) is 56.7 Å². The van der Waals surface area contributed by atoms with E-state index in [1.807, 2.05) is 11.8 Å². The van der Waals surface area contributed by atoms with Crippen molar-refractivity contribution in [3.8, 4) is 6.01 Å². The number of nitrogens with two attached hydrogens (primary N) is 1. The molecule has 12 nitrogen and oxygen atoms in total. The number of halogens is 6. The van der Waals surface area contributed by atoms with Crippen LogP contribution in [0.5, 0.6) is 6.01 Å². The van der Waals surface area contributed by atoms with E-state index in [1.165, 1.54) is 20.0 Å². The summed E-state index contributed by atoms with van der Waals surface area (Å²) in [6.45, 7) is 7.22. The Morgan fingerprint density at radius 3 is 2.65 bits per heavy atom. The summed E-state index contributed by atoms with van der Waals surface area (Å²) in [5.74, 6) is -0.699. The van der Waals surface area contributed by atoms with E-state index in [2.05, 4.69) is 20.0 Å². The number of fused-ring (bicyclic) bond motifs is 3. The monoisotopic (exact) mass is 782 g/mol. The van der Waals surface area contributed by atoms with E-state index in [4.69, 9.17) is 31.5 Å². The molecule has 5 aliphatic rings. The Bertz CT molecular complexity index is 1850. The predicted octanol–water partition coefficient (Wildman–Crippen LogP) is 5.60. The van der Waals surface area contributed by atoms with Crippen molar-refractivity contribution < 1.29 is 41.0 Å². The summed E-state index contributed by atoms with van der Waals surface area (Å²) in [6, 6.07) is 2.24. The lowest BCUT2D eigenvalue weighted by atomic mass is 9.94. The fourth-order valence-corrected chi connectivity index (χ4v) is 8.32. The molecular weight excluding hydrogens is 739 g/mol. The maximum atomic E-state index is 15.1. The first kappa shape index (κ1) is 38.5. The minimum absolute atomic E-state index is 0.00685. The van der Waals surface area contributed by atoms with Crippen molar-refractivity contribution in [2.45, 2.75) is 83.2 Å². The molecule has 54 heavy (non-hydrogen) atoms. The lowest BCUT2D eigenvalue weighted by Crippen LogP contribution is -2.51. The van der Waals surface area contributed by atoms with Crippen LogP contribution in [0.2, 0.25) is 5.02 Å². The minimum atomic E-state index is -4.82. The number of carbonyl (C=O) groups excluding carboxylic acids is 1. The first-order valence-electron chi connectivity index (χ1n) is 18.3. The quantitative estimate of drug-likeness (QED) is 0.239. The zero-order valence-electron chi connectivity index (χ0n) is 30.2. The molecule has 18 heteroatoms. The molecule has 0 saturated carbocycles. The van der Waals surface area contributed by atoms with Gasteiger partial charge in [-0.1, -0.05) is 11.6 Å². The number of rotatable bonds is 7. The van der Waals surface area contributed by atoms with Crippen molar-refractivity contribution in [1.82, 2.24) is 29.5 Å². The highest BCUT2D eigenvalue weighted by atomic mass is 35.5. The highest BCUT2D eigenvalue weighted by Gasteiger charge is 2.41. The number of hydrogen-bond donors (Lipinski definition) is 1. The number of amides is 1. The number of aromatic nitrogens is 4. The number of alkyl halides is 4. The van der Waals surface area contributed by atoms with E-state index in [-0.39, 0.29) is 48.1 Å². The van der Waals surface area contributed by atoms with Gasteiger partial charge in [0.15, 0.2) is 11.5 Å². The molecule has 1 amide bonds. The number of nitrogen functional groups attached to an aromatic ring is 1. The summed E-state index contributed by atoms with van der Waals surface area (Å²) in [5, 5.41) is 4.81. The number of aryl methyl sites for hydroxylation is 1. The fourth-order valence-electron chi connectivity index (χ4n) is 8.04. The summed E-state index contributed by atoms with van der Waals surface area (Å²) in [7, 11) is 1.38. The van der Waals surface area contributed by atoms with Gasteiger partial charge in [-0.05, 0) is 51.3 Å². The molecule has 0 aliphatic carbocycles. The summed E-state index contributed by atoms with van der Waals surface area (Å²) < 4.78 is 87.6. The number of hydrogen-bond acceptors (Lipinski definition) is 10. The third-order valence-corrected chi connectivity index (χ3v) is 11.2. The number of carbonyl (C=O) groups is 1. The van der Waals surface area contributed by atoms with E-state index < -0.39 is 41.1 Å². The second-order valence-electron chi connectivity index (χ2n) is 14.4. The van der Waals surface area contributed by atoms with Crippen molar-refractivity contribution in [3.63, 3.8) is 0 Å². The molecule has 0 radical (unpaired) electrons. The van der Waals surface area contributed by atoms with Crippen LogP contribution in [0.15, 0.2) is 12.1 Å². The summed E-state index contributed by atoms with van der Waals surface area (Å²) in [6.07, 6.45) is -2.85. The number of nitrogens with zero attached hydrogens (tertiary/aromatic N) is 7. The Morgan fingerprint density at radius 2 is 1.93 bits per heavy atom. The number of methoxy groups -OCH3 is 1. The number of benzene rings is 1. The van der Waals surface area contributed by atoms with Gasteiger partial charge >= 0.3 is 12.2 Å². The average Bonchev–Trinajstić information content (AvgIpc) is 3.74. The molecule has 3 unspecified atom stereocenters. The maximum absolute atomic E-state index is 15.1.